The van der Waals surface area contributed by atoms with E-state index in [1.807, 2.05) is 31.2 Å². The van der Waals surface area contributed by atoms with Gasteiger partial charge < -0.3 is 19.9 Å². The number of carbonyl (C=O) groups is 2. The smallest absolute Gasteiger partial charge is 0.227 e. The van der Waals surface area contributed by atoms with Crippen LogP contribution in [-0.2, 0) is 9.59 Å². The number of nitrogens with zero attached hydrogens (tertiary/aromatic N) is 2. The van der Waals surface area contributed by atoms with E-state index in [1.54, 1.807) is 4.90 Å². The van der Waals surface area contributed by atoms with Crippen molar-refractivity contribution >= 4 is 17.5 Å². The highest BCUT2D eigenvalue weighted by Gasteiger charge is 2.36. The summed E-state index contributed by atoms with van der Waals surface area (Å²) >= 11 is 0. The molecule has 26 heavy (non-hydrogen) atoms. The summed E-state index contributed by atoms with van der Waals surface area (Å²) in [6.45, 7) is 6.67. The maximum absolute atomic E-state index is 12.5. The summed E-state index contributed by atoms with van der Waals surface area (Å²) in [6.07, 6.45) is 4.07. The Balaban J connectivity index is 1.53. The Morgan fingerprint density at radius 1 is 1.23 bits per heavy atom. The molecular weight excluding hydrogens is 330 g/mol. The van der Waals surface area contributed by atoms with Crippen LogP contribution >= 0.6 is 0 Å². The van der Waals surface area contributed by atoms with Crippen molar-refractivity contribution in [1.82, 2.24) is 10.2 Å². The van der Waals surface area contributed by atoms with Crippen molar-refractivity contribution in [1.29, 1.82) is 0 Å². The third-order valence-electron chi connectivity index (χ3n) is 5.13. The molecule has 2 aliphatic rings. The molecule has 1 atom stereocenters. The molecule has 6 nitrogen and oxygen atoms in total. The van der Waals surface area contributed by atoms with Crippen molar-refractivity contribution in [2.75, 3.05) is 44.2 Å². The fourth-order valence-corrected chi connectivity index (χ4v) is 3.74. The zero-order valence-corrected chi connectivity index (χ0v) is 15.6. The first-order valence-electron chi connectivity index (χ1n) is 9.71. The lowest BCUT2D eigenvalue weighted by molar-refractivity contribution is -0.126. The Labute approximate surface area is 155 Å². The summed E-state index contributed by atoms with van der Waals surface area (Å²) < 4.78 is 5.63. The molecule has 2 heterocycles. The van der Waals surface area contributed by atoms with Gasteiger partial charge in [0.05, 0.1) is 18.2 Å². The van der Waals surface area contributed by atoms with Crippen LogP contribution in [-0.4, -0.2) is 56.0 Å². The standard InChI is InChI=1S/C20H29N3O3/c1-2-26-18-9-5-4-8-17(18)23-15-16(14-19(23)24)20(25)21-10-13-22-11-6-3-7-12-22/h4-5,8-9,16H,2-3,6-7,10-15H2,1H3,(H,21,25). The molecule has 2 fully saturated rings. The highest BCUT2D eigenvalue weighted by atomic mass is 16.5. The molecule has 6 heteroatoms. The fraction of sp³-hybridized carbons (Fsp3) is 0.600. The Kier molecular flexibility index (Phi) is 6.50. The van der Waals surface area contributed by atoms with Crippen LogP contribution in [0.25, 0.3) is 0 Å². The number of likely N-dealkylation sites (tertiary alicyclic amines) is 1. The van der Waals surface area contributed by atoms with Gasteiger partial charge in [-0.05, 0) is 45.0 Å². The Hall–Kier alpha value is -2.08. The van der Waals surface area contributed by atoms with Gasteiger partial charge >= 0.3 is 0 Å². The van der Waals surface area contributed by atoms with Gasteiger partial charge in [0.2, 0.25) is 11.8 Å². The minimum Gasteiger partial charge on any atom is -0.492 e. The van der Waals surface area contributed by atoms with Gasteiger partial charge in [-0.3, -0.25) is 9.59 Å². The predicted molar refractivity (Wildman–Crippen MR) is 101 cm³/mol. The highest BCUT2D eigenvalue weighted by Crippen LogP contribution is 2.33. The van der Waals surface area contributed by atoms with E-state index in [-0.39, 0.29) is 24.2 Å². The molecule has 0 radical (unpaired) electrons. The molecule has 1 aromatic rings. The fourth-order valence-electron chi connectivity index (χ4n) is 3.74. The first-order valence-corrected chi connectivity index (χ1v) is 9.71. The molecule has 2 amide bonds. The van der Waals surface area contributed by atoms with Gasteiger partial charge in [0.25, 0.3) is 0 Å². The van der Waals surface area contributed by atoms with E-state index in [4.69, 9.17) is 4.74 Å². The van der Waals surface area contributed by atoms with Gasteiger partial charge in [-0.1, -0.05) is 18.6 Å². The second kappa shape index (κ2) is 9.03. The molecule has 0 bridgehead atoms. The summed E-state index contributed by atoms with van der Waals surface area (Å²) in [5, 5.41) is 3.01. The van der Waals surface area contributed by atoms with E-state index in [2.05, 4.69) is 10.2 Å². The number of ether oxygens (including phenoxy) is 1. The summed E-state index contributed by atoms with van der Waals surface area (Å²) in [6, 6.07) is 7.51. The molecule has 0 aliphatic carbocycles. The van der Waals surface area contributed by atoms with Crippen LogP contribution in [0.15, 0.2) is 24.3 Å². The molecule has 0 spiro atoms. The topological polar surface area (TPSA) is 61.9 Å². The average Bonchev–Trinajstić information content (AvgIpc) is 3.05. The SMILES string of the molecule is CCOc1ccccc1N1CC(C(=O)NCCN2CCCCC2)CC1=O. The van der Waals surface area contributed by atoms with Gasteiger partial charge in [-0.2, -0.15) is 0 Å². The lowest BCUT2D eigenvalue weighted by Crippen LogP contribution is -2.40. The first kappa shape index (κ1) is 18.7. The molecule has 0 aromatic heterocycles. The van der Waals surface area contributed by atoms with Crippen LogP contribution in [0, 0.1) is 5.92 Å². The predicted octanol–water partition coefficient (Wildman–Crippen LogP) is 2.04. The third-order valence-corrected chi connectivity index (χ3v) is 5.13. The molecule has 142 valence electrons. The van der Waals surface area contributed by atoms with Gasteiger partial charge in [0.1, 0.15) is 5.75 Å². The number of anilines is 1. The second-order valence-corrected chi connectivity index (χ2v) is 7.00. The van der Waals surface area contributed by atoms with E-state index >= 15 is 0 Å². The zero-order chi connectivity index (χ0) is 18.4. The van der Waals surface area contributed by atoms with Gasteiger partial charge in [-0.25, -0.2) is 0 Å². The number of amides is 2. The molecule has 2 aliphatic heterocycles. The van der Waals surface area contributed by atoms with Crippen LogP contribution in [0.5, 0.6) is 5.75 Å². The first-order chi connectivity index (χ1) is 12.7. The van der Waals surface area contributed by atoms with Gasteiger partial charge in [-0.15, -0.1) is 0 Å². The number of rotatable bonds is 7. The average molecular weight is 359 g/mol. The summed E-state index contributed by atoms with van der Waals surface area (Å²) in [7, 11) is 0. The molecule has 0 saturated carbocycles. The van der Waals surface area contributed by atoms with Gasteiger partial charge in [0.15, 0.2) is 0 Å². The number of carbonyl (C=O) groups excluding carboxylic acids is 2. The molecule has 1 N–H and O–H groups in total. The van der Waals surface area contributed by atoms with Gasteiger partial charge in [0, 0.05) is 26.1 Å². The van der Waals surface area contributed by atoms with Crippen LogP contribution in [0.2, 0.25) is 0 Å². The quantitative estimate of drug-likeness (QED) is 0.809. The minimum absolute atomic E-state index is 0.0201. The van der Waals surface area contributed by atoms with Crippen molar-refractivity contribution in [3.8, 4) is 5.75 Å². The Morgan fingerprint density at radius 3 is 2.77 bits per heavy atom. The largest absolute Gasteiger partial charge is 0.492 e. The van der Waals surface area contributed by atoms with Crippen molar-refractivity contribution < 1.29 is 14.3 Å². The number of hydrogen-bond donors (Lipinski definition) is 1. The van der Waals surface area contributed by atoms with Crippen molar-refractivity contribution in [3.05, 3.63) is 24.3 Å². The molecule has 2 saturated heterocycles. The molecule has 1 aromatic carbocycles. The van der Waals surface area contributed by atoms with E-state index < -0.39 is 0 Å². The normalized spacial score (nSPS) is 21.0. The summed E-state index contributed by atoms with van der Waals surface area (Å²) in [5.41, 5.74) is 0.753. The number of benzene rings is 1. The lowest BCUT2D eigenvalue weighted by atomic mass is 10.1. The maximum Gasteiger partial charge on any atom is 0.227 e. The number of hydrogen-bond acceptors (Lipinski definition) is 4. The van der Waals surface area contributed by atoms with E-state index in [0.29, 0.717) is 25.4 Å². The van der Waals surface area contributed by atoms with Crippen molar-refractivity contribution in [2.45, 2.75) is 32.6 Å². The van der Waals surface area contributed by atoms with Crippen LogP contribution < -0.4 is 15.0 Å². The van der Waals surface area contributed by atoms with E-state index in [1.165, 1.54) is 19.3 Å². The molecule has 3 rings (SSSR count). The van der Waals surface area contributed by atoms with Crippen LogP contribution in [0.3, 0.4) is 0 Å². The van der Waals surface area contributed by atoms with Crippen molar-refractivity contribution in [2.24, 2.45) is 5.92 Å². The minimum atomic E-state index is -0.293. The van der Waals surface area contributed by atoms with E-state index in [0.717, 1.165) is 25.3 Å². The highest BCUT2D eigenvalue weighted by molar-refractivity contribution is 6.01. The van der Waals surface area contributed by atoms with Crippen LogP contribution in [0.4, 0.5) is 5.69 Å². The zero-order valence-electron chi connectivity index (χ0n) is 15.6. The number of piperidine rings is 1. The summed E-state index contributed by atoms with van der Waals surface area (Å²) in [4.78, 5) is 29.0. The molecular formula is C20H29N3O3. The molecule has 1 unspecified atom stereocenters. The lowest BCUT2D eigenvalue weighted by Gasteiger charge is -2.26. The number of para-hydroxylation sites is 2. The monoisotopic (exact) mass is 359 g/mol. The Bertz CT molecular complexity index is 628. The summed E-state index contributed by atoms with van der Waals surface area (Å²) in [5.74, 6) is 0.355. The third kappa shape index (κ3) is 4.55. The van der Waals surface area contributed by atoms with Crippen molar-refractivity contribution in [3.63, 3.8) is 0 Å². The number of nitrogens with one attached hydrogen (secondary N) is 1. The Morgan fingerprint density at radius 2 is 2.00 bits per heavy atom. The second-order valence-electron chi connectivity index (χ2n) is 7.00. The van der Waals surface area contributed by atoms with E-state index in [9.17, 15) is 9.59 Å². The maximum atomic E-state index is 12.5. The van der Waals surface area contributed by atoms with Crippen LogP contribution in [0.1, 0.15) is 32.6 Å².